The lowest BCUT2D eigenvalue weighted by Gasteiger charge is -2.35. The Morgan fingerprint density at radius 3 is 2.44 bits per heavy atom. The number of nitrogens with zero attached hydrogens (tertiary/aromatic N) is 1. The number of hydrogen-bond donors (Lipinski definition) is 2. The van der Waals surface area contributed by atoms with Crippen LogP contribution in [0.5, 0.6) is 0 Å². The van der Waals surface area contributed by atoms with Crippen molar-refractivity contribution in [2.45, 2.75) is 44.6 Å². The molecule has 0 amide bonds. The van der Waals surface area contributed by atoms with Crippen molar-refractivity contribution in [3.05, 3.63) is 0 Å². The SMILES string of the molecule is C1CCC([C@H]2NCC[C@@H]2CN2CCNCC2)CC1. The average Bonchev–Trinajstić information content (AvgIpc) is 2.89. The van der Waals surface area contributed by atoms with E-state index in [9.17, 15) is 0 Å². The van der Waals surface area contributed by atoms with Crippen LogP contribution >= 0.6 is 0 Å². The lowest BCUT2D eigenvalue weighted by Crippen LogP contribution is -2.48. The molecule has 0 spiro atoms. The summed E-state index contributed by atoms with van der Waals surface area (Å²) in [6.45, 7) is 7.50. The molecule has 3 nitrogen and oxygen atoms in total. The van der Waals surface area contributed by atoms with Crippen LogP contribution in [0.15, 0.2) is 0 Å². The Labute approximate surface area is 112 Å². The molecule has 2 atom stereocenters. The second-order valence-electron chi connectivity index (χ2n) is 6.48. The molecular formula is C15H29N3. The molecule has 18 heavy (non-hydrogen) atoms. The predicted molar refractivity (Wildman–Crippen MR) is 75.8 cm³/mol. The normalized spacial score (nSPS) is 36.0. The van der Waals surface area contributed by atoms with E-state index in [-0.39, 0.29) is 0 Å². The Balaban J connectivity index is 1.53. The van der Waals surface area contributed by atoms with Gasteiger partial charge in [-0.2, -0.15) is 0 Å². The number of piperazine rings is 1. The zero-order valence-electron chi connectivity index (χ0n) is 11.7. The van der Waals surface area contributed by atoms with Gasteiger partial charge < -0.3 is 15.5 Å². The third-order valence-electron chi connectivity index (χ3n) is 5.26. The molecule has 2 heterocycles. The lowest BCUT2D eigenvalue weighted by molar-refractivity contribution is 0.167. The second kappa shape index (κ2) is 6.36. The molecule has 0 aromatic carbocycles. The van der Waals surface area contributed by atoms with Crippen LogP contribution in [-0.2, 0) is 0 Å². The van der Waals surface area contributed by atoms with Crippen LogP contribution in [-0.4, -0.2) is 50.2 Å². The van der Waals surface area contributed by atoms with Gasteiger partial charge in [-0.3, -0.25) is 0 Å². The van der Waals surface area contributed by atoms with Gasteiger partial charge in [-0.1, -0.05) is 19.3 Å². The summed E-state index contributed by atoms with van der Waals surface area (Å²) >= 11 is 0. The molecule has 2 N–H and O–H groups in total. The van der Waals surface area contributed by atoms with Gasteiger partial charge in [-0.15, -0.1) is 0 Å². The summed E-state index contributed by atoms with van der Waals surface area (Å²) in [6, 6.07) is 0.834. The maximum Gasteiger partial charge on any atom is 0.0136 e. The largest absolute Gasteiger partial charge is 0.314 e. The zero-order valence-corrected chi connectivity index (χ0v) is 11.7. The number of nitrogens with one attached hydrogen (secondary N) is 2. The van der Waals surface area contributed by atoms with Crippen molar-refractivity contribution >= 4 is 0 Å². The standard InChI is InChI=1S/C15H29N3/c1-2-4-13(5-3-1)15-14(6-7-17-15)12-18-10-8-16-9-11-18/h13-17H,1-12H2/t14-,15-/m1/s1. The van der Waals surface area contributed by atoms with Crippen molar-refractivity contribution < 1.29 is 0 Å². The van der Waals surface area contributed by atoms with Crippen LogP contribution in [0, 0.1) is 11.8 Å². The van der Waals surface area contributed by atoms with Crippen LogP contribution in [0.2, 0.25) is 0 Å². The van der Waals surface area contributed by atoms with E-state index in [1.54, 1.807) is 0 Å². The molecule has 2 saturated heterocycles. The Kier molecular flexibility index (Phi) is 4.55. The molecule has 0 unspecified atom stereocenters. The van der Waals surface area contributed by atoms with Crippen LogP contribution in [0.3, 0.4) is 0 Å². The van der Waals surface area contributed by atoms with Crippen molar-refractivity contribution in [1.82, 2.24) is 15.5 Å². The summed E-state index contributed by atoms with van der Waals surface area (Å²) in [6.07, 6.45) is 8.80. The Bertz CT molecular complexity index is 244. The summed E-state index contributed by atoms with van der Waals surface area (Å²) < 4.78 is 0. The highest BCUT2D eigenvalue weighted by atomic mass is 15.2. The first-order valence-corrected chi connectivity index (χ1v) is 8.10. The minimum absolute atomic E-state index is 0.834. The van der Waals surface area contributed by atoms with E-state index in [4.69, 9.17) is 0 Å². The van der Waals surface area contributed by atoms with Gasteiger partial charge in [-0.05, 0) is 37.6 Å². The molecule has 0 radical (unpaired) electrons. The first kappa shape index (κ1) is 12.9. The number of hydrogen-bond acceptors (Lipinski definition) is 3. The first-order valence-electron chi connectivity index (χ1n) is 8.10. The summed E-state index contributed by atoms with van der Waals surface area (Å²) in [4.78, 5) is 2.68. The zero-order chi connectivity index (χ0) is 12.2. The molecule has 3 aliphatic rings. The highest BCUT2D eigenvalue weighted by molar-refractivity contribution is 4.91. The van der Waals surface area contributed by atoms with Crippen LogP contribution < -0.4 is 10.6 Å². The fraction of sp³-hybridized carbons (Fsp3) is 1.00. The minimum atomic E-state index is 0.834. The quantitative estimate of drug-likeness (QED) is 0.795. The molecule has 1 saturated carbocycles. The fourth-order valence-corrected chi connectivity index (χ4v) is 4.26. The maximum absolute atomic E-state index is 3.82. The van der Waals surface area contributed by atoms with Gasteiger partial charge in [0.1, 0.15) is 0 Å². The summed E-state index contributed by atoms with van der Waals surface area (Å²) in [5, 5.41) is 7.28. The van der Waals surface area contributed by atoms with Crippen molar-refractivity contribution in [3.8, 4) is 0 Å². The topological polar surface area (TPSA) is 27.3 Å². The van der Waals surface area contributed by atoms with E-state index >= 15 is 0 Å². The molecule has 2 aliphatic heterocycles. The van der Waals surface area contributed by atoms with Crippen LogP contribution in [0.25, 0.3) is 0 Å². The average molecular weight is 251 g/mol. The summed E-state index contributed by atoms with van der Waals surface area (Å²) in [5.41, 5.74) is 0. The van der Waals surface area contributed by atoms with Gasteiger partial charge >= 0.3 is 0 Å². The van der Waals surface area contributed by atoms with Gasteiger partial charge in [0.2, 0.25) is 0 Å². The molecule has 3 fully saturated rings. The van der Waals surface area contributed by atoms with Crippen LogP contribution in [0.4, 0.5) is 0 Å². The Morgan fingerprint density at radius 2 is 1.67 bits per heavy atom. The number of rotatable bonds is 3. The maximum atomic E-state index is 3.82. The fourth-order valence-electron chi connectivity index (χ4n) is 4.26. The van der Waals surface area contributed by atoms with Gasteiger partial charge in [0.25, 0.3) is 0 Å². The van der Waals surface area contributed by atoms with Crippen molar-refractivity contribution in [1.29, 1.82) is 0 Å². The van der Waals surface area contributed by atoms with Gasteiger partial charge in [0, 0.05) is 38.8 Å². The lowest BCUT2D eigenvalue weighted by atomic mass is 9.79. The highest BCUT2D eigenvalue weighted by Crippen LogP contribution is 2.33. The molecular weight excluding hydrogens is 222 g/mol. The molecule has 0 aromatic rings. The smallest absolute Gasteiger partial charge is 0.0136 e. The monoisotopic (exact) mass is 251 g/mol. The Morgan fingerprint density at radius 1 is 0.889 bits per heavy atom. The van der Waals surface area contributed by atoms with Crippen molar-refractivity contribution in [2.75, 3.05) is 39.3 Å². The first-order chi connectivity index (χ1) is 8.93. The minimum Gasteiger partial charge on any atom is -0.314 e. The van der Waals surface area contributed by atoms with E-state index in [0.717, 1.165) is 17.9 Å². The summed E-state index contributed by atoms with van der Waals surface area (Å²) in [5.74, 6) is 1.90. The molecule has 3 rings (SSSR count). The molecule has 104 valence electrons. The van der Waals surface area contributed by atoms with E-state index in [1.807, 2.05) is 0 Å². The van der Waals surface area contributed by atoms with Gasteiger partial charge in [-0.25, -0.2) is 0 Å². The summed E-state index contributed by atoms with van der Waals surface area (Å²) in [7, 11) is 0. The van der Waals surface area contributed by atoms with Crippen molar-refractivity contribution in [2.24, 2.45) is 11.8 Å². The van der Waals surface area contributed by atoms with E-state index < -0.39 is 0 Å². The molecule has 0 aromatic heterocycles. The van der Waals surface area contributed by atoms with E-state index in [1.165, 1.54) is 77.8 Å². The third kappa shape index (κ3) is 3.06. The molecule has 1 aliphatic carbocycles. The van der Waals surface area contributed by atoms with Crippen molar-refractivity contribution in [3.63, 3.8) is 0 Å². The van der Waals surface area contributed by atoms with Gasteiger partial charge in [0.15, 0.2) is 0 Å². The highest BCUT2D eigenvalue weighted by Gasteiger charge is 2.34. The third-order valence-corrected chi connectivity index (χ3v) is 5.26. The van der Waals surface area contributed by atoms with Gasteiger partial charge in [0.05, 0.1) is 0 Å². The Hall–Kier alpha value is -0.120. The van der Waals surface area contributed by atoms with Crippen LogP contribution in [0.1, 0.15) is 38.5 Å². The molecule has 3 heteroatoms. The predicted octanol–water partition coefficient (Wildman–Crippen LogP) is 1.45. The second-order valence-corrected chi connectivity index (χ2v) is 6.48. The molecule has 0 bridgehead atoms. The van der Waals surface area contributed by atoms with E-state index in [2.05, 4.69) is 15.5 Å². The van der Waals surface area contributed by atoms with E-state index in [0.29, 0.717) is 0 Å².